The number of halogens is 3. The van der Waals surface area contributed by atoms with Gasteiger partial charge >= 0.3 is 0 Å². The van der Waals surface area contributed by atoms with Crippen LogP contribution in [0.5, 0.6) is 0 Å². The highest BCUT2D eigenvalue weighted by Gasteiger charge is 2.38. The van der Waals surface area contributed by atoms with E-state index in [9.17, 15) is 0 Å². The highest BCUT2D eigenvalue weighted by Crippen LogP contribution is 2.47. The number of nitrogens with zero attached hydrogens (tertiary/aromatic N) is 4. The van der Waals surface area contributed by atoms with Crippen molar-refractivity contribution in [3.05, 3.63) is 110 Å². The third kappa shape index (κ3) is 3.29. The van der Waals surface area contributed by atoms with E-state index in [1.54, 1.807) is 0 Å². The van der Waals surface area contributed by atoms with Crippen LogP contribution < -0.4 is 4.90 Å². The minimum Gasteiger partial charge on any atom is -0.314 e. The quantitative estimate of drug-likeness (QED) is 0.286. The van der Waals surface area contributed by atoms with Crippen molar-refractivity contribution in [2.75, 3.05) is 4.90 Å². The molecule has 0 saturated carbocycles. The molecule has 33 heavy (non-hydrogen) atoms. The Morgan fingerprint density at radius 1 is 0.848 bits per heavy atom. The average molecular weight is 492 g/mol. The van der Waals surface area contributed by atoms with Crippen LogP contribution in [0.4, 0.5) is 11.5 Å². The van der Waals surface area contributed by atoms with E-state index in [0.29, 0.717) is 15.1 Å². The summed E-state index contributed by atoms with van der Waals surface area (Å²) in [6, 6.07) is 21.5. The topological polar surface area (TPSA) is 33.4 Å². The van der Waals surface area contributed by atoms with E-state index in [0.717, 1.165) is 45.4 Å². The maximum Gasteiger partial charge on any atom is 0.163 e. The van der Waals surface area contributed by atoms with Crippen LogP contribution in [-0.2, 0) is 0 Å². The van der Waals surface area contributed by atoms with Crippen LogP contribution in [0.2, 0.25) is 15.1 Å². The largest absolute Gasteiger partial charge is 0.314 e. The van der Waals surface area contributed by atoms with E-state index in [2.05, 4.69) is 23.1 Å². The van der Waals surface area contributed by atoms with E-state index < -0.39 is 0 Å². The fraction of sp³-hybridized carbons (Fsp3) is 0.0769. The first kappa shape index (κ1) is 20.5. The number of para-hydroxylation sites is 1. The second kappa shape index (κ2) is 7.77. The van der Waals surface area contributed by atoms with E-state index in [1.807, 2.05) is 72.3 Å². The molecule has 0 radical (unpaired) electrons. The second-order valence-electron chi connectivity index (χ2n) is 8.02. The normalized spacial score (nSPS) is 16.2. The molecule has 7 heteroatoms. The molecule has 0 bridgehead atoms. The van der Waals surface area contributed by atoms with Crippen LogP contribution in [0.1, 0.15) is 28.4 Å². The minimum absolute atomic E-state index is 0.172. The number of aromatic nitrogens is 2. The van der Waals surface area contributed by atoms with E-state index in [4.69, 9.17) is 44.9 Å². The molecular weight excluding hydrogens is 475 g/mol. The summed E-state index contributed by atoms with van der Waals surface area (Å²) < 4.78 is 1.88. The van der Waals surface area contributed by atoms with Crippen molar-refractivity contribution in [1.29, 1.82) is 0 Å². The second-order valence-corrected chi connectivity index (χ2v) is 9.27. The van der Waals surface area contributed by atoms with Crippen LogP contribution in [0.25, 0.3) is 11.8 Å². The Balaban J connectivity index is 1.63. The summed E-state index contributed by atoms with van der Waals surface area (Å²) >= 11 is 18.8. The Bertz CT molecular complexity index is 1470. The maximum atomic E-state index is 6.46. The van der Waals surface area contributed by atoms with Crippen LogP contribution >= 0.6 is 34.8 Å². The van der Waals surface area contributed by atoms with Gasteiger partial charge in [0.2, 0.25) is 0 Å². The van der Waals surface area contributed by atoms with Gasteiger partial charge in [0.15, 0.2) is 5.82 Å². The molecule has 0 unspecified atom stereocenters. The SMILES string of the molecule is Cc1nn(-c2ccc(Cl)cc2)c2c1[C@H](c1ccc(Cl)c(Cl)c1)N1C(=N2)C=Cc2ccccc21. The van der Waals surface area contributed by atoms with Crippen LogP contribution in [-0.4, -0.2) is 15.6 Å². The molecule has 0 aliphatic carbocycles. The van der Waals surface area contributed by atoms with Crippen molar-refractivity contribution in [2.45, 2.75) is 13.0 Å². The third-order valence-electron chi connectivity index (χ3n) is 6.02. The van der Waals surface area contributed by atoms with Gasteiger partial charge in [-0.15, -0.1) is 0 Å². The molecule has 4 nitrogen and oxygen atoms in total. The number of hydrogen-bond donors (Lipinski definition) is 0. The fourth-order valence-corrected chi connectivity index (χ4v) is 4.96. The lowest BCUT2D eigenvalue weighted by Crippen LogP contribution is -2.38. The van der Waals surface area contributed by atoms with Gasteiger partial charge in [-0.1, -0.05) is 59.1 Å². The zero-order valence-electron chi connectivity index (χ0n) is 17.5. The standard InChI is InChI=1S/C26H17Cl3N4/c1-15-24-25(17-6-12-20(28)21(29)14-17)32-22-5-3-2-4-16(22)7-13-23(32)30-26(24)33(31-15)19-10-8-18(27)9-11-19/h2-14,25H,1H3/t25-/m0/s1. The molecule has 0 amide bonds. The van der Waals surface area contributed by atoms with Crippen molar-refractivity contribution >= 4 is 58.2 Å². The molecular formula is C26H17Cl3N4. The predicted molar refractivity (Wildman–Crippen MR) is 137 cm³/mol. The molecule has 3 aromatic carbocycles. The molecule has 0 saturated heterocycles. The first-order valence-electron chi connectivity index (χ1n) is 10.5. The van der Waals surface area contributed by atoms with E-state index in [-0.39, 0.29) is 6.04 Å². The van der Waals surface area contributed by atoms with Crippen molar-refractivity contribution in [3.8, 4) is 5.69 Å². The van der Waals surface area contributed by atoms with Crippen molar-refractivity contribution in [2.24, 2.45) is 4.99 Å². The maximum absolute atomic E-state index is 6.46. The smallest absolute Gasteiger partial charge is 0.163 e. The summed E-state index contributed by atoms with van der Waals surface area (Å²) in [5.41, 5.74) is 6.05. The Morgan fingerprint density at radius 2 is 1.64 bits per heavy atom. The van der Waals surface area contributed by atoms with Crippen LogP contribution in [0.3, 0.4) is 0 Å². The van der Waals surface area contributed by atoms with Gasteiger partial charge in [0, 0.05) is 10.6 Å². The molecule has 1 atom stereocenters. The number of aryl methyl sites for hydroxylation is 1. The van der Waals surface area contributed by atoms with Crippen LogP contribution in [0.15, 0.2) is 77.8 Å². The Labute approximate surface area is 206 Å². The van der Waals surface area contributed by atoms with Gasteiger partial charge < -0.3 is 4.90 Å². The third-order valence-corrected chi connectivity index (χ3v) is 7.01. The molecule has 6 rings (SSSR count). The molecule has 0 spiro atoms. The van der Waals surface area contributed by atoms with Crippen molar-refractivity contribution in [3.63, 3.8) is 0 Å². The molecule has 0 N–H and O–H groups in total. The van der Waals surface area contributed by atoms with Gasteiger partial charge in [0.05, 0.1) is 33.2 Å². The lowest BCUT2D eigenvalue weighted by molar-refractivity contribution is 0.813. The summed E-state index contributed by atoms with van der Waals surface area (Å²) in [7, 11) is 0. The number of anilines is 1. The molecule has 0 fully saturated rings. The Kier molecular flexibility index (Phi) is 4.84. The first-order valence-corrected chi connectivity index (χ1v) is 11.6. The lowest BCUT2D eigenvalue weighted by atomic mass is 9.92. The first-order chi connectivity index (χ1) is 16.0. The molecule has 4 aromatic rings. The molecule has 162 valence electrons. The summed E-state index contributed by atoms with van der Waals surface area (Å²) in [6.45, 7) is 2.02. The number of amidine groups is 1. The van der Waals surface area contributed by atoms with E-state index >= 15 is 0 Å². The lowest BCUT2D eigenvalue weighted by Gasteiger charge is -2.39. The highest BCUT2D eigenvalue weighted by atomic mass is 35.5. The number of fused-ring (bicyclic) bond motifs is 4. The monoisotopic (exact) mass is 490 g/mol. The van der Waals surface area contributed by atoms with Gasteiger partial charge in [-0.2, -0.15) is 5.10 Å². The molecule has 2 aliphatic heterocycles. The van der Waals surface area contributed by atoms with E-state index in [1.165, 1.54) is 0 Å². The number of rotatable bonds is 2. The average Bonchev–Trinajstić information content (AvgIpc) is 3.16. The predicted octanol–water partition coefficient (Wildman–Crippen LogP) is 7.81. The zero-order chi connectivity index (χ0) is 22.7. The summed E-state index contributed by atoms with van der Waals surface area (Å²) in [5, 5.41) is 6.60. The van der Waals surface area contributed by atoms with Crippen molar-refractivity contribution < 1.29 is 0 Å². The molecule has 2 aliphatic rings. The van der Waals surface area contributed by atoms with Gasteiger partial charge in [-0.3, -0.25) is 0 Å². The summed E-state index contributed by atoms with van der Waals surface area (Å²) in [6.07, 6.45) is 4.14. The fourth-order valence-electron chi connectivity index (χ4n) is 4.53. The zero-order valence-corrected chi connectivity index (χ0v) is 19.8. The van der Waals surface area contributed by atoms with Gasteiger partial charge in [0.1, 0.15) is 5.84 Å². The Hall–Kier alpha value is -3.05. The van der Waals surface area contributed by atoms with Gasteiger partial charge in [-0.25, -0.2) is 9.67 Å². The van der Waals surface area contributed by atoms with Gasteiger partial charge in [0.25, 0.3) is 0 Å². The molecule has 3 heterocycles. The number of benzene rings is 3. The Morgan fingerprint density at radius 3 is 2.42 bits per heavy atom. The summed E-state index contributed by atoms with van der Waals surface area (Å²) in [4.78, 5) is 7.31. The summed E-state index contributed by atoms with van der Waals surface area (Å²) in [5.74, 6) is 1.63. The minimum atomic E-state index is -0.172. The number of hydrogen-bond acceptors (Lipinski definition) is 3. The van der Waals surface area contributed by atoms with Crippen molar-refractivity contribution in [1.82, 2.24) is 9.78 Å². The van der Waals surface area contributed by atoms with Crippen LogP contribution in [0, 0.1) is 6.92 Å². The van der Waals surface area contributed by atoms with Gasteiger partial charge in [-0.05, 0) is 72.7 Å². The highest BCUT2D eigenvalue weighted by molar-refractivity contribution is 6.42. The molecule has 1 aromatic heterocycles. The number of aliphatic imine (C=N–C) groups is 1.